The summed E-state index contributed by atoms with van der Waals surface area (Å²) in [5, 5.41) is 9.76. The topological polar surface area (TPSA) is 61.5 Å². The lowest BCUT2D eigenvalue weighted by molar-refractivity contribution is 0.0405. The zero-order chi connectivity index (χ0) is 38.0. The second kappa shape index (κ2) is 36.5. The van der Waals surface area contributed by atoms with Gasteiger partial charge in [-0.1, -0.05) is 61.0 Å². The van der Waals surface area contributed by atoms with Crippen LogP contribution in [0.5, 0.6) is 0 Å². The summed E-state index contributed by atoms with van der Waals surface area (Å²) in [5.74, 6) is 2.04. The van der Waals surface area contributed by atoms with E-state index in [4.69, 9.17) is 4.74 Å². The second-order valence-electron chi connectivity index (χ2n) is 14.8. The van der Waals surface area contributed by atoms with E-state index in [2.05, 4.69) is 95.5 Å². The summed E-state index contributed by atoms with van der Waals surface area (Å²) in [6, 6.07) is 0. The molecule has 7 rings (SSSR count). The molecule has 1 saturated carbocycles. The van der Waals surface area contributed by atoms with Crippen LogP contribution in [0.25, 0.3) is 0 Å². The number of rotatable bonds is 5. The number of likely N-dealkylation sites (N-methyl/N-ethyl adjacent to an activating group) is 2. The van der Waals surface area contributed by atoms with Crippen LogP contribution in [0.1, 0.15) is 87.0 Å². The van der Waals surface area contributed by atoms with E-state index in [0.29, 0.717) is 0 Å². The van der Waals surface area contributed by atoms with E-state index in [9.17, 15) is 0 Å². The third-order valence-electron chi connectivity index (χ3n) is 10.0. The van der Waals surface area contributed by atoms with Crippen LogP contribution in [0, 0.1) is 11.8 Å². The molecule has 0 aromatic rings. The summed E-state index contributed by atoms with van der Waals surface area (Å²) in [4.78, 5) is 12.1. The van der Waals surface area contributed by atoms with Crippen molar-refractivity contribution in [3.8, 4) is 0 Å². The van der Waals surface area contributed by atoms with Crippen LogP contribution in [0.4, 0.5) is 0 Å². The Labute approximate surface area is 323 Å². The minimum Gasteiger partial charge on any atom is -0.379 e. The fraction of sp³-hybridized carbons (Fsp3) is 0.951. The van der Waals surface area contributed by atoms with Crippen molar-refractivity contribution in [2.45, 2.75) is 87.0 Å². The average molecular weight is 743 g/mol. The highest BCUT2D eigenvalue weighted by Gasteiger charge is 2.13. The van der Waals surface area contributed by atoms with Gasteiger partial charge in [0.1, 0.15) is 0 Å². The van der Waals surface area contributed by atoms with Gasteiger partial charge in [-0.15, -0.1) is 0 Å². The first kappa shape index (κ1) is 50.6. The normalized spacial score (nSPS) is 22.3. The summed E-state index contributed by atoms with van der Waals surface area (Å²) in [7, 11) is 0. The fourth-order valence-corrected chi connectivity index (χ4v) is 5.79. The van der Waals surface area contributed by atoms with Gasteiger partial charge < -0.3 is 40.3 Å². The monoisotopic (exact) mass is 743 g/mol. The van der Waals surface area contributed by atoms with Gasteiger partial charge in [0, 0.05) is 71.1 Å². The number of morpholine rings is 1. The lowest BCUT2D eigenvalue weighted by Gasteiger charge is -2.29. The zero-order valence-electron chi connectivity index (χ0n) is 35.7. The highest BCUT2D eigenvalue weighted by molar-refractivity contribution is 7.97. The first-order valence-electron chi connectivity index (χ1n) is 21.1. The maximum absolute atomic E-state index is 5.16. The first-order chi connectivity index (χ1) is 24.7. The molecule has 6 saturated heterocycles. The number of piperazine rings is 2. The van der Waals surface area contributed by atoms with Gasteiger partial charge in [-0.2, -0.15) is 11.8 Å². The van der Waals surface area contributed by atoms with Crippen molar-refractivity contribution < 1.29 is 4.74 Å². The van der Waals surface area contributed by atoms with E-state index < -0.39 is 0 Å². The van der Waals surface area contributed by atoms with Gasteiger partial charge in [-0.25, -0.2) is 0 Å². The molecule has 0 aromatic heterocycles. The number of hydrogen-bond acceptors (Lipinski definition) is 10. The van der Waals surface area contributed by atoms with Gasteiger partial charge in [0.2, 0.25) is 0 Å². The van der Waals surface area contributed by atoms with Crippen LogP contribution >= 0.6 is 11.8 Å². The number of thioether (sulfide) groups is 1. The Morgan fingerprint density at radius 1 is 0.569 bits per heavy atom. The van der Waals surface area contributed by atoms with Gasteiger partial charge in [0.25, 0.3) is 0 Å². The van der Waals surface area contributed by atoms with Crippen molar-refractivity contribution >= 4 is 11.8 Å². The lowest BCUT2D eigenvalue weighted by atomic mass is 10.1. The Morgan fingerprint density at radius 3 is 1.08 bits per heavy atom. The molecule has 0 spiro atoms. The minimum atomic E-state index is 0.924. The van der Waals surface area contributed by atoms with Gasteiger partial charge in [-0.05, 0) is 122 Å². The molecule has 6 heterocycles. The molecule has 10 heteroatoms. The molecule has 7 fully saturated rings. The van der Waals surface area contributed by atoms with Crippen molar-refractivity contribution in [3.05, 3.63) is 12.3 Å². The summed E-state index contributed by atoms with van der Waals surface area (Å²) in [6.45, 7) is 45.4. The smallest absolute Gasteiger partial charge is 0.0594 e. The van der Waals surface area contributed by atoms with E-state index in [-0.39, 0.29) is 0 Å². The molecule has 0 atom stereocenters. The van der Waals surface area contributed by atoms with Crippen molar-refractivity contribution in [1.29, 1.82) is 0 Å². The maximum atomic E-state index is 5.16. The number of ether oxygens (including phenoxy) is 1. The summed E-state index contributed by atoms with van der Waals surface area (Å²) in [5.41, 5.74) is 1.19. The molecule has 9 nitrogen and oxygen atoms in total. The molecular weight excluding hydrogens is 653 g/mol. The SMILES string of the molecule is C=C(C)N1CCNCC1.CC1CC1.CC1CNC1.CCN1CCCC1.CCN1CCCC1.CCN1CCNCC1.CCN1CCOCC1.CSC. The summed E-state index contributed by atoms with van der Waals surface area (Å²) < 4.78 is 5.16. The highest BCUT2D eigenvalue weighted by atomic mass is 32.2. The third kappa shape index (κ3) is 32.7. The van der Waals surface area contributed by atoms with E-state index in [0.717, 1.165) is 64.3 Å². The molecule has 6 aliphatic heterocycles. The summed E-state index contributed by atoms with van der Waals surface area (Å²) >= 11 is 1.75. The van der Waals surface area contributed by atoms with Crippen LogP contribution in [-0.4, -0.2) is 181 Å². The van der Waals surface area contributed by atoms with Crippen LogP contribution in [0.15, 0.2) is 12.3 Å². The Bertz CT molecular complexity index is 678. The molecule has 7 aliphatic rings. The molecular formula is C41H90N8OS. The van der Waals surface area contributed by atoms with Crippen molar-refractivity contribution in [3.63, 3.8) is 0 Å². The van der Waals surface area contributed by atoms with E-state index in [1.807, 2.05) is 12.5 Å². The molecule has 0 aromatic carbocycles. The largest absolute Gasteiger partial charge is 0.379 e. The number of likely N-dealkylation sites (tertiary alicyclic amines) is 2. The van der Waals surface area contributed by atoms with Crippen molar-refractivity contribution in [2.75, 3.05) is 157 Å². The highest BCUT2D eigenvalue weighted by Crippen LogP contribution is 2.26. The molecule has 51 heavy (non-hydrogen) atoms. The average Bonchev–Trinajstić information content (AvgIpc) is 3.55. The second-order valence-corrected chi connectivity index (χ2v) is 15.7. The van der Waals surface area contributed by atoms with Crippen LogP contribution in [-0.2, 0) is 4.74 Å². The van der Waals surface area contributed by atoms with Crippen molar-refractivity contribution in [1.82, 2.24) is 40.4 Å². The van der Waals surface area contributed by atoms with Crippen LogP contribution in [0.2, 0.25) is 0 Å². The molecule has 1 aliphatic carbocycles. The Kier molecular flexibility index (Phi) is 36.2. The third-order valence-corrected chi connectivity index (χ3v) is 10.0. The number of hydrogen-bond donors (Lipinski definition) is 3. The fourth-order valence-electron chi connectivity index (χ4n) is 5.79. The van der Waals surface area contributed by atoms with Crippen LogP contribution < -0.4 is 16.0 Å². The number of nitrogens with one attached hydrogen (secondary N) is 3. The Hall–Kier alpha value is -0.430. The number of allylic oxidation sites excluding steroid dienone is 1. The molecule has 306 valence electrons. The Morgan fingerprint density at radius 2 is 0.882 bits per heavy atom. The molecule has 0 amide bonds. The van der Waals surface area contributed by atoms with Crippen LogP contribution in [0.3, 0.4) is 0 Å². The predicted octanol–water partition coefficient (Wildman–Crippen LogP) is 5.50. The molecule has 0 radical (unpaired) electrons. The molecule has 3 N–H and O–H groups in total. The first-order valence-corrected chi connectivity index (χ1v) is 22.8. The maximum Gasteiger partial charge on any atom is 0.0594 e. The summed E-state index contributed by atoms with van der Waals surface area (Å²) in [6.07, 6.45) is 12.8. The van der Waals surface area contributed by atoms with E-state index in [1.165, 1.54) is 136 Å². The molecule has 0 bridgehead atoms. The van der Waals surface area contributed by atoms with E-state index in [1.54, 1.807) is 11.8 Å². The number of nitrogens with zero attached hydrogens (tertiary/aromatic N) is 5. The standard InChI is InChI=1S/C7H14N2.C6H14N2.C6H13NO.2C6H13N.C4H9N.C4H8.C2H6S/c1-7(2)9-5-3-8-4-6-9;1-2-8-5-3-7-4-6-8;1-2-7-3-5-8-6-4-7;2*1-2-7-5-3-4-6-7;1-4-2-5-3-4;1-4-2-3-4;1-3-2/h8H,1,3-6H2,2H3;7H,2-6H2,1H3;2-6H2,1H3;2*2-6H2,1H3;4-5H,2-3H2,1H3;4H,2-3H2,1H3;1-2H3. The minimum absolute atomic E-state index is 0.924. The Balaban J connectivity index is 0.000000570. The lowest BCUT2D eigenvalue weighted by Crippen LogP contribution is -2.43. The zero-order valence-corrected chi connectivity index (χ0v) is 36.5. The molecule has 0 unspecified atom stereocenters. The van der Waals surface area contributed by atoms with Gasteiger partial charge in [0.05, 0.1) is 13.2 Å². The quantitative estimate of drug-likeness (QED) is 0.337. The van der Waals surface area contributed by atoms with Gasteiger partial charge in [-0.3, -0.25) is 4.90 Å². The van der Waals surface area contributed by atoms with Gasteiger partial charge in [0.15, 0.2) is 0 Å². The van der Waals surface area contributed by atoms with Gasteiger partial charge >= 0.3 is 0 Å². The van der Waals surface area contributed by atoms with Crippen molar-refractivity contribution in [2.24, 2.45) is 11.8 Å². The predicted molar refractivity (Wildman–Crippen MR) is 230 cm³/mol. The van der Waals surface area contributed by atoms with E-state index >= 15 is 0 Å².